The van der Waals surface area contributed by atoms with E-state index in [9.17, 15) is 18.0 Å². The van der Waals surface area contributed by atoms with Crippen molar-refractivity contribution in [3.63, 3.8) is 0 Å². The van der Waals surface area contributed by atoms with Crippen LogP contribution in [0.2, 0.25) is 10.0 Å². The van der Waals surface area contributed by atoms with Crippen LogP contribution in [0.5, 0.6) is 11.5 Å². The van der Waals surface area contributed by atoms with Crippen molar-refractivity contribution in [1.82, 2.24) is 9.97 Å². The van der Waals surface area contributed by atoms with E-state index in [0.29, 0.717) is 10.2 Å². The van der Waals surface area contributed by atoms with Crippen molar-refractivity contribution in [3.8, 4) is 11.5 Å². The second kappa shape index (κ2) is 16.6. The second-order valence-corrected chi connectivity index (χ2v) is 19.3. The molecule has 2 amide bonds. The van der Waals surface area contributed by atoms with E-state index in [-0.39, 0.29) is 31.1 Å². The first kappa shape index (κ1) is 39.8. The van der Waals surface area contributed by atoms with Gasteiger partial charge in [0.2, 0.25) is 21.7 Å². The zero-order chi connectivity index (χ0) is 39.5. The Morgan fingerprint density at radius 2 is 1.16 bits per heavy atom. The fourth-order valence-electron chi connectivity index (χ4n) is 6.01. The number of amides is 2. The van der Waals surface area contributed by atoms with E-state index in [1.54, 1.807) is 44.3 Å². The van der Waals surface area contributed by atoms with Gasteiger partial charge in [-0.2, -0.15) is 0 Å². The molecule has 0 radical (unpaired) electrons. The number of benzene rings is 4. The molecule has 2 fully saturated rings. The van der Waals surface area contributed by atoms with Gasteiger partial charge in [0, 0.05) is 4.90 Å². The first-order valence-electron chi connectivity index (χ1n) is 17.2. The average Bonchev–Trinajstić information content (AvgIpc) is 4.11. The van der Waals surface area contributed by atoms with E-state index < -0.39 is 20.7 Å². The maximum Gasteiger partial charge on any atom is 0.236 e. The van der Waals surface area contributed by atoms with E-state index in [2.05, 4.69) is 20.6 Å². The van der Waals surface area contributed by atoms with Crippen LogP contribution in [-0.2, 0) is 30.3 Å². The molecular weight excluding hydrogens is 832 g/mol. The van der Waals surface area contributed by atoms with E-state index in [0.717, 1.165) is 68.8 Å². The van der Waals surface area contributed by atoms with Gasteiger partial charge in [-0.3, -0.25) is 9.59 Å². The molecule has 2 saturated carbocycles. The summed E-state index contributed by atoms with van der Waals surface area (Å²) in [6.07, 6.45) is 6.14. The summed E-state index contributed by atoms with van der Waals surface area (Å²) in [5, 5.41) is 7.44. The number of methoxy groups -OCH3 is 2. The molecule has 2 N–H and O–H groups in total. The molecule has 0 unspecified atom stereocenters. The van der Waals surface area contributed by atoms with Crippen LogP contribution in [0.3, 0.4) is 0 Å². The normalized spacial score (nSPS) is 14.8. The molecule has 0 atom stereocenters. The third kappa shape index (κ3) is 8.46. The Morgan fingerprint density at radius 3 is 1.66 bits per heavy atom. The molecule has 0 saturated heterocycles. The quantitative estimate of drug-likeness (QED) is 0.123. The molecule has 2 heterocycles. The lowest BCUT2D eigenvalue weighted by Gasteiger charge is -2.15. The van der Waals surface area contributed by atoms with Gasteiger partial charge in [0.05, 0.1) is 56.6 Å². The van der Waals surface area contributed by atoms with Gasteiger partial charge in [-0.25, -0.2) is 18.4 Å². The number of ether oxygens (including phenoxy) is 2. The predicted octanol–water partition coefficient (Wildman–Crippen LogP) is 9.93. The first-order valence-corrected chi connectivity index (χ1v) is 21.9. The Balaban J connectivity index is 0.000000172. The van der Waals surface area contributed by atoms with Gasteiger partial charge in [-0.05, 0) is 85.3 Å². The van der Waals surface area contributed by atoms with E-state index in [1.165, 1.54) is 29.7 Å². The minimum Gasteiger partial charge on any atom is -0.497 e. The number of sulfone groups is 1. The number of rotatable bonds is 12. The van der Waals surface area contributed by atoms with Crippen LogP contribution in [0.15, 0.2) is 128 Å². The molecule has 2 aliphatic carbocycles. The highest BCUT2D eigenvalue weighted by molar-refractivity contribution is 8.01. The molecule has 8 rings (SSSR count). The van der Waals surface area contributed by atoms with E-state index in [1.807, 2.05) is 72.8 Å². The summed E-state index contributed by atoms with van der Waals surface area (Å²) >= 11 is 16.1. The highest BCUT2D eigenvalue weighted by Crippen LogP contribution is 2.51. The van der Waals surface area contributed by atoms with Gasteiger partial charge in [0.25, 0.3) is 0 Å². The summed E-state index contributed by atoms with van der Waals surface area (Å²) in [5.41, 5.74) is 0.854. The lowest BCUT2D eigenvalue weighted by atomic mass is 9.95. The number of halogens is 2. The number of carbonyl (C=O) groups excluding carboxylic acids is 2. The van der Waals surface area contributed by atoms with Gasteiger partial charge < -0.3 is 20.1 Å². The number of hydrogen-bond donors (Lipinski definition) is 2. The van der Waals surface area contributed by atoms with Crippen LogP contribution >= 0.6 is 57.6 Å². The van der Waals surface area contributed by atoms with Crippen LogP contribution in [0, 0.1) is 0 Å². The molecule has 0 bridgehead atoms. The Bertz CT molecular complexity index is 2480. The second-order valence-electron chi connectivity index (χ2n) is 13.0. The molecule has 2 aliphatic rings. The maximum absolute atomic E-state index is 12.9. The van der Waals surface area contributed by atoms with Crippen molar-refractivity contribution >= 4 is 89.6 Å². The number of hydrogen-bond acceptors (Lipinski definition) is 11. The number of nitrogens with one attached hydrogen (secondary N) is 2. The summed E-state index contributed by atoms with van der Waals surface area (Å²) in [7, 11) is -0.583. The fourth-order valence-corrected chi connectivity index (χ4v) is 11.0. The van der Waals surface area contributed by atoms with Gasteiger partial charge in [-0.15, -0.1) is 0 Å². The summed E-state index contributed by atoms with van der Waals surface area (Å²) in [6, 6.07) is 29.0. The number of nitrogens with zero attached hydrogens (tertiary/aromatic N) is 2. The number of anilines is 2. The lowest BCUT2D eigenvalue weighted by Crippen LogP contribution is -2.27. The molecule has 2 aromatic heterocycles. The summed E-state index contributed by atoms with van der Waals surface area (Å²) in [4.78, 5) is 35.2. The molecular formula is C40H34Cl2N4O6S4. The third-order valence-electron chi connectivity index (χ3n) is 9.50. The van der Waals surface area contributed by atoms with Crippen LogP contribution in [0.25, 0.3) is 0 Å². The Morgan fingerprint density at radius 1 is 0.679 bits per heavy atom. The first-order chi connectivity index (χ1) is 27.0. The minimum absolute atomic E-state index is 0.00342. The Labute approximate surface area is 346 Å². The largest absolute Gasteiger partial charge is 0.497 e. The summed E-state index contributed by atoms with van der Waals surface area (Å²) in [6.45, 7) is 0. The molecule has 288 valence electrons. The highest BCUT2D eigenvalue weighted by atomic mass is 35.5. The minimum atomic E-state index is -3.81. The SMILES string of the molecule is COc1ccc(C2(C(=O)Nc3ncc(S(=O)(=O)c4ccccc4Cl)s3)CC2)cc1.COc1ccc(C2(C(=O)Nc3ncc(Sc4ccccc4Cl)s3)CC2)cc1. The average molecular weight is 866 g/mol. The zero-order valence-corrected chi connectivity index (χ0v) is 34.7. The van der Waals surface area contributed by atoms with Crippen molar-refractivity contribution < 1.29 is 27.5 Å². The third-order valence-corrected chi connectivity index (χ3v) is 15.7. The van der Waals surface area contributed by atoms with Gasteiger partial charge in [0.15, 0.2) is 10.3 Å². The maximum atomic E-state index is 12.9. The highest BCUT2D eigenvalue weighted by Gasteiger charge is 2.52. The predicted molar refractivity (Wildman–Crippen MR) is 222 cm³/mol. The monoisotopic (exact) mass is 864 g/mol. The van der Waals surface area contributed by atoms with Crippen molar-refractivity contribution in [2.24, 2.45) is 0 Å². The molecule has 0 aliphatic heterocycles. The summed E-state index contributed by atoms with van der Waals surface area (Å²) < 4.78 is 37.0. The molecule has 4 aromatic carbocycles. The standard InChI is InChI=1S/C20H17ClN2O4S2.C20H17ClN2O2S2/c1-27-14-8-6-13(7-9-14)20(10-11-20)18(24)23-19-22-12-17(28-19)29(25,26)16-5-3-2-4-15(16)21;1-25-14-8-6-13(7-9-14)20(10-11-20)18(24)23-19-22-12-17(27-19)26-16-5-3-2-4-15(16)21/h2-9,12H,10-11H2,1H3,(H,22,23,24);2-9,12H,10-11H2,1H3,(H,22,23,24). The van der Waals surface area contributed by atoms with E-state index in [4.69, 9.17) is 32.7 Å². The van der Waals surface area contributed by atoms with Gasteiger partial charge in [0.1, 0.15) is 15.7 Å². The molecule has 0 spiro atoms. The van der Waals surface area contributed by atoms with Gasteiger partial charge in [-0.1, -0.05) is 106 Å². The molecule has 10 nitrogen and oxygen atoms in total. The van der Waals surface area contributed by atoms with Crippen molar-refractivity contribution in [3.05, 3.63) is 131 Å². The topological polar surface area (TPSA) is 137 Å². The van der Waals surface area contributed by atoms with Crippen molar-refractivity contribution in [1.29, 1.82) is 0 Å². The fraction of sp³-hybridized carbons (Fsp3) is 0.200. The summed E-state index contributed by atoms with van der Waals surface area (Å²) in [5.74, 6) is 1.31. The molecule has 56 heavy (non-hydrogen) atoms. The zero-order valence-electron chi connectivity index (χ0n) is 30.0. The smallest absolute Gasteiger partial charge is 0.236 e. The van der Waals surface area contributed by atoms with Crippen molar-refractivity contribution in [2.75, 3.05) is 24.9 Å². The van der Waals surface area contributed by atoms with Crippen molar-refractivity contribution in [2.45, 2.75) is 54.7 Å². The number of aromatic nitrogens is 2. The number of thiazole rings is 2. The van der Waals surface area contributed by atoms with Crippen LogP contribution in [-0.4, -0.2) is 44.4 Å². The van der Waals surface area contributed by atoms with Crippen LogP contribution in [0.4, 0.5) is 10.3 Å². The van der Waals surface area contributed by atoms with Crippen LogP contribution in [0.1, 0.15) is 36.8 Å². The van der Waals surface area contributed by atoms with Gasteiger partial charge >= 0.3 is 0 Å². The Kier molecular flexibility index (Phi) is 11.8. The molecule has 6 aromatic rings. The van der Waals surface area contributed by atoms with Crippen LogP contribution < -0.4 is 20.1 Å². The van der Waals surface area contributed by atoms with E-state index >= 15 is 0 Å². The lowest BCUT2D eigenvalue weighted by molar-refractivity contribution is -0.119. The number of carbonyl (C=O) groups is 2. The Hall–Kier alpha value is -4.44. The molecule has 16 heteroatoms.